The fraction of sp³-hybridized carbons (Fsp3) is 0.700. The SMILES string of the molecule is CC(CC1CCCCC1)NCc1ccccc1OCC1CNC(O)O1. The Morgan fingerprint density at radius 1 is 1.28 bits per heavy atom. The van der Waals surface area contributed by atoms with Gasteiger partial charge in [0.15, 0.2) is 0 Å². The first-order valence-electron chi connectivity index (χ1n) is 9.71. The van der Waals surface area contributed by atoms with E-state index in [0.717, 1.165) is 18.2 Å². The van der Waals surface area contributed by atoms with Crippen LogP contribution in [0.25, 0.3) is 0 Å². The van der Waals surface area contributed by atoms with Gasteiger partial charge in [-0.05, 0) is 25.3 Å². The van der Waals surface area contributed by atoms with Crippen LogP contribution in [0.1, 0.15) is 51.0 Å². The van der Waals surface area contributed by atoms with Crippen molar-refractivity contribution >= 4 is 0 Å². The van der Waals surface area contributed by atoms with Crippen LogP contribution >= 0.6 is 0 Å². The van der Waals surface area contributed by atoms with Crippen molar-refractivity contribution in [1.29, 1.82) is 0 Å². The lowest BCUT2D eigenvalue weighted by atomic mass is 9.85. The van der Waals surface area contributed by atoms with Crippen LogP contribution in [-0.2, 0) is 11.3 Å². The van der Waals surface area contributed by atoms with E-state index < -0.39 is 6.41 Å². The molecule has 1 aliphatic heterocycles. The molecule has 140 valence electrons. The van der Waals surface area contributed by atoms with Gasteiger partial charge < -0.3 is 19.9 Å². The molecule has 2 aliphatic rings. The van der Waals surface area contributed by atoms with Crippen LogP contribution in [0.4, 0.5) is 0 Å². The van der Waals surface area contributed by atoms with Gasteiger partial charge in [0, 0.05) is 24.7 Å². The Hall–Kier alpha value is -1.14. The van der Waals surface area contributed by atoms with Crippen molar-refractivity contribution in [3.8, 4) is 5.75 Å². The lowest BCUT2D eigenvalue weighted by molar-refractivity contribution is -0.107. The fourth-order valence-electron chi connectivity index (χ4n) is 3.87. The zero-order valence-corrected chi connectivity index (χ0v) is 15.2. The minimum absolute atomic E-state index is 0.110. The molecule has 1 saturated carbocycles. The molecule has 0 radical (unpaired) electrons. The molecule has 0 amide bonds. The van der Waals surface area contributed by atoms with Crippen molar-refractivity contribution in [3.63, 3.8) is 0 Å². The molecule has 0 spiro atoms. The maximum Gasteiger partial charge on any atom is 0.214 e. The Morgan fingerprint density at radius 3 is 2.84 bits per heavy atom. The maximum atomic E-state index is 9.33. The predicted molar refractivity (Wildman–Crippen MR) is 98.3 cm³/mol. The zero-order valence-electron chi connectivity index (χ0n) is 15.2. The molecule has 5 heteroatoms. The molecular weight excluding hydrogens is 316 g/mol. The lowest BCUT2D eigenvalue weighted by Crippen LogP contribution is -2.29. The van der Waals surface area contributed by atoms with Gasteiger partial charge in [-0.2, -0.15) is 0 Å². The van der Waals surface area contributed by atoms with Crippen molar-refractivity contribution in [2.45, 2.75) is 70.6 Å². The quantitative estimate of drug-likeness (QED) is 0.674. The molecular formula is C20H32N2O3. The van der Waals surface area contributed by atoms with Gasteiger partial charge in [0.25, 0.3) is 0 Å². The Labute approximate surface area is 151 Å². The topological polar surface area (TPSA) is 62.8 Å². The van der Waals surface area contributed by atoms with Crippen molar-refractivity contribution in [2.75, 3.05) is 13.2 Å². The standard InChI is InChI=1S/C20H32N2O3/c1-15(11-16-7-3-2-4-8-16)21-12-17-9-5-6-10-19(17)24-14-18-13-22-20(23)25-18/h5-6,9-10,15-16,18,20-23H,2-4,7-8,11-14H2,1H3. The molecule has 1 saturated heterocycles. The summed E-state index contributed by atoms with van der Waals surface area (Å²) >= 11 is 0. The summed E-state index contributed by atoms with van der Waals surface area (Å²) < 4.78 is 11.2. The van der Waals surface area contributed by atoms with Crippen LogP contribution < -0.4 is 15.4 Å². The van der Waals surface area contributed by atoms with Crippen LogP contribution in [0.3, 0.4) is 0 Å². The Balaban J connectivity index is 1.45. The van der Waals surface area contributed by atoms with E-state index in [4.69, 9.17) is 9.47 Å². The van der Waals surface area contributed by atoms with Crippen LogP contribution in [0.5, 0.6) is 5.75 Å². The molecule has 1 aromatic rings. The van der Waals surface area contributed by atoms with Gasteiger partial charge in [0.1, 0.15) is 18.5 Å². The second kappa shape index (κ2) is 9.53. The van der Waals surface area contributed by atoms with E-state index in [-0.39, 0.29) is 6.10 Å². The van der Waals surface area contributed by atoms with E-state index in [1.54, 1.807) is 0 Å². The van der Waals surface area contributed by atoms with E-state index in [0.29, 0.717) is 19.2 Å². The van der Waals surface area contributed by atoms with Crippen LogP contribution in [0.2, 0.25) is 0 Å². The van der Waals surface area contributed by atoms with Gasteiger partial charge in [-0.25, -0.2) is 0 Å². The summed E-state index contributed by atoms with van der Waals surface area (Å²) in [4.78, 5) is 0. The van der Waals surface area contributed by atoms with Gasteiger partial charge >= 0.3 is 0 Å². The highest BCUT2D eigenvalue weighted by molar-refractivity contribution is 5.33. The molecule has 3 atom stereocenters. The first kappa shape index (κ1) is 18.6. The number of aliphatic hydroxyl groups excluding tert-OH is 1. The maximum absolute atomic E-state index is 9.33. The van der Waals surface area contributed by atoms with Crippen molar-refractivity contribution < 1.29 is 14.6 Å². The number of ether oxygens (including phenoxy) is 2. The third-order valence-corrected chi connectivity index (χ3v) is 5.29. The zero-order chi connectivity index (χ0) is 17.5. The molecule has 1 heterocycles. The van der Waals surface area contributed by atoms with Gasteiger partial charge in [-0.1, -0.05) is 50.3 Å². The normalized spacial score (nSPS) is 25.8. The molecule has 0 bridgehead atoms. The van der Waals surface area contributed by atoms with E-state index in [1.165, 1.54) is 44.1 Å². The minimum atomic E-state index is -0.869. The molecule has 0 aromatic heterocycles. The molecule has 3 unspecified atom stereocenters. The molecule has 1 aromatic carbocycles. The number of para-hydroxylation sites is 1. The number of hydrogen-bond donors (Lipinski definition) is 3. The number of hydrogen-bond acceptors (Lipinski definition) is 5. The number of rotatable bonds is 8. The number of benzene rings is 1. The first-order chi connectivity index (χ1) is 12.2. The highest BCUT2D eigenvalue weighted by Crippen LogP contribution is 2.27. The average molecular weight is 348 g/mol. The molecule has 1 aliphatic carbocycles. The number of nitrogens with one attached hydrogen (secondary N) is 2. The Bertz CT molecular complexity index is 519. The van der Waals surface area contributed by atoms with E-state index in [9.17, 15) is 5.11 Å². The van der Waals surface area contributed by atoms with Crippen LogP contribution in [-0.4, -0.2) is 36.8 Å². The highest BCUT2D eigenvalue weighted by atomic mass is 16.6. The molecule has 2 fully saturated rings. The fourth-order valence-corrected chi connectivity index (χ4v) is 3.87. The molecule has 5 nitrogen and oxygen atoms in total. The monoisotopic (exact) mass is 348 g/mol. The summed E-state index contributed by atoms with van der Waals surface area (Å²) in [6, 6.07) is 8.67. The molecule has 3 rings (SSSR count). The van der Waals surface area contributed by atoms with E-state index >= 15 is 0 Å². The van der Waals surface area contributed by atoms with Crippen molar-refractivity contribution in [2.24, 2.45) is 5.92 Å². The summed E-state index contributed by atoms with van der Waals surface area (Å²) in [5, 5.41) is 15.8. The largest absolute Gasteiger partial charge is 0.490 e. The third kappa shape index (κ3) is 5.96. The van der Waals surface area contributed by atoms with E-state index in [2.05, 4.69) is 23.6 Å². The number of aliphatic hydroxyl groups is 1. The predicted octanol–water partition coefficient (Wildman–Crippen LogP) is 2.78. The van der Waals surface area contributed by atoms with Crippen LogP contribution in [0, 0.1) is 5.92 Å². The average Bonchev–Trinajstić information content (AvgIpc) is 3.05. The smallest absolute Gasteiger partial charge is 0.214 e. The Kier molecular flexibility index (Phi) is 7.11. The lowest BCUT2D eigenvalue weighted by Gasteiger charge is -2.25. The Morgan fingerprint density at radius 2 is 2.08 bits per heavy atom. The van der Waals surface area contributed by atoms with E-state index in [1.807, 2.05) is 18.2 Å². The molecule has 3 N–H and O–H groups in total. The third-order valence-electron chi connectivity index (χ3n) is 5.29. The van der Waals surface area contributed by atoms with Gasteiger partial charge in [0.2, 0.25) is 6.41 Å². The summed E-state index contributed by atoms with van der Waals surface area (Å²) in [5.41, 5.74) is 1.17. The summed E-state index contributed by atoms with van der Waals surface area (Å²) in [5.74, 6) is 1.78. The molecule has 25 heavy (non-hydrogen) atoms. The minimum Gasteiger partial charge on any atom is -0.490 e. The highest BCUT2D eigenvalue weighted by Gasteiger charge is 2.23. The van der Waals surface area contributed by atoms with Gasteiger partial charge in [-0.15, -0.1) is 0 Å². The van der Waals surface area contributed by atoms with Gasteiger partial charge in [-0.3, -0.25) is 5.32 Å². The first-order valence-corrected chi connectivity index (χ1v) is 9.71. The van der Waals surface area contributed by atoms with Crippen molar-refractivity contribution in [1.82, 2.24) is 10.6 Å². The second-order valence-electron chi connectivity index (χ2n) is 7.46. The summed E-state index contributed by atoms with van der Waals surface area (Å²) in [6.07, 6.45) is 7.30. The van der Waals surface area contributed by atoms with Gasteiger partial charge in [0.05, 0.1) is 0 Å². The summed E-state index contributed by atoms with van der Waals surface area (Å²) in [6.45, 7) is 4.16. The second-order valence-corrected chi connectivity index (χ2v) is 7.46. The van der Waals surface area contributed by atoms with Crippen LogP contribution in [0.15, 0.2) is 24.3 Å². The summed E-state index contributed by atoms with van der Waals surface area (Å²) in [7, 11) is 0. The van der Waals surface area contributed by atoms with Crippen molar-refractivity contribution in [3.05, 3.63) is 29.8 Å².